The Kier molecular flexibility index (Phi) is 6.83. The second-order valence-corrected chi connectivity index (χ2v) is 8.32. The summed E-state index contributed by atoms with van der Waals surface area (Å²) in [6, 6.07) is 6.28. The molecule has 1 fully saturated rings. The quantitative estimate of drug-likeness (QED) is 0.667. The summed E-state index contributed by atoms with van der Waals surface area (Å²) in [6.07, 6.45) is 8.51. The Morgan fingerprint density at radius 1 is 1.30 bits per heavy atom. The molecule has 146 valence electrons. The van der Waals surface area contributed by atoms with E-state index in [1.54, 1.807) is 0 Å². The summed E-state index contributed by atoms with van der Waals surface area (Å²) < 4.78 is 7.70. The van der Waals surface area contributed by atoms with Crippen molar-refractivity contribution in [2.45, 2.75) is 64.8 Å². The molecular weight excluding hydrogens is 360 g/mol. The van der Waals surface area contributed by atoms with Crippen LogP contribution in [-0.2, 0) is 27.3 Å². The summed E-state index contributed by atoms with van der Waals surface area (Å²) in [6.45, 7) is 2.25. The van der Waals surface area contributed by atoms with E-state index in [9.17, 15) is 9.59 Å². The van der Waals surface area contributed by atoms with Crippen molar-refractivity contribution in [3.8, 4) is 0 Å². The first-order chi connectivity index (χ1) is 13.1. The lowest BCUT2D eigenvalue weighted by atomic mass is 10.0. The maximum Gasteiger partial charge on any atom is 0.325 e. The van der Waals surface area contributed by atoms with Crippen molar-refractivity contribution in [2.24, 2.45) is 10.9 Å². The van der Waals surface area contributed by atoms with Gasteiger partial charge in [-0.15, -0.1) is 0 Å². The molecule has 1 aromatic heterocycles. The van der Waals surface area contributed by atoms with E-state index in [4.69, 9.17) is 4.74 Å². The van der Waals surface area contributed by atoms with Gasteiger partial charge in [0.1, 0.15) is 6.54 Å². The Bertz CT molecular complexity index is 875. The van der Waals surface area contributed by atoms with Gasteiger partial charge in [0.05, 0.1) is 17.3 Å². The van der Waals surface area contributed by atoms with Crippen molar-refractivity contribution < 1.29 is 14.3 Å². The number of fused-ring (bicyclic) bond motifs is 1. The minimum absolute atomic E-state index is 0.0698. The summed E-state index contributed by atoms with van der Waals surface area (Å²) >= 11 is 1.48. The lowest BCUT2D eigenvalue weighted by Gasteiger charge is -2.06. The molecule has 0 saturated heterocycles. The molecule has 1 amide bonds. The second-order valence-electron chi connectivity index (χ2n) is 7.31. The fraction of sp³-hybridized carbons (Fsp3) is 0.571. The van der Waals surface area contributed by atoms with E-state index in [2.05, 4.69) is 24.0 Å². The van der Waals surface area contributed by atoms with E-state index >= 15 is 0 Å². The molecule has 3 rings (SSSR count). The summed E-state index contributed by atoms with van der Waals surface area (Å²) in [5, 5.41) is 0. The first-order valence-electron chi connectivity index (χ1n) is 9.87. The van der Waals surface area contributed by atoms with Gasteiger partial charge in [-0.05, 0) is 49.3 Å². The number of rotatable bonds is 7. The van der Waals surface area contributed by atoms with E-state index < -0.39 is 0 Å². The van der Waals surface area contributed by atoms with Crippen molar-refractivity contribution in [2.75, 3.05) is 7.11 Å². The molecule has 0 atom stereocenters. The average molecular weight is 389 g/mol. The van der Waals surface area contributed by atoms with E-state index in [-0.39, 0.29) is 18.4 Å². The smallest absolute Gasteiger partial charge is 0.325 e. The van der Waals surface area contributed by atoms with Gasteiger partial charge in [0.25, 0.3) is 0 Å². The highest BCUT2D eigenvalue weighted by Crippen LogP contribution is 2.27. The van der Waals surface area contributed by atoms with Crippen LogP contribution < -0.4 is 4.80 Å². The third-order valence-electron chi connectivity index (χ3n) is 5.24. The van der Waals surface area contributed by atoms with Gasteiger partial charge >= 0.3 is 5.97 Å². The molecule has 1 heterocycles. The summed E-state index contributed by atoms with van der Waals surface area (Å²) in [7, 11) is 1.38. The molecule has 27 heavy (non-hydrogen) atoms. The van der Waals surface area contributed by atoms with Crippen LogP contribution in [0.3, 0.4) is 0 Å². The first kappa shape index (κ1) is 19.8. The Morgan fingerprint density at radius 2 is 2.07 bits per heavy atom. The van der Waals surface area contributed by atoms with Crippen LogP contribution in [0.4, 0.5) is 0 Å². The molecule has 1 saturated carbocycles. The molecule has 6 heteroatoms. The van der Waals surface area contributed by atoms with Crippen molar-refractivity contribution in [1.82, 2.24) is 4.57 Å². The minimum atomic E-state index is -0.338. The van der Waals surface area contributed by atoms with Crippen LogP contribution in [0, 0.1) is 5.92 Å². The summed E-state index contributed by atoms with van der Waals surface area (Å²) in [5.41, 5.74) is 2.21. The number of ether oxygens (including phenoxy) is 1. The third kappa shape index (κ3) is 5.06. The van der Waals surface area contributed by atoms with E-state index in [1.165, 1.54) is 36.9 Å². The summed E-state index contributed by atoms with van der Waals surface area (Å²) in [5.74, 6) is 0.0399. The molecule has 0 radical (unpaired) electrons. The number of unbranched alkanes of at least 4 members (excludes halogenated alkanes) is 1. The molecule has 0 bridgehead atoms. The largest absolute Gasteiger partial charge is 0.468 e. The van der Waals surface area contributed by atoms with Gasteiger partial charge in [0.15, 0.2) is 4.80 Å². The van der Waals surface area contributed by atoms with Gasteiger partial charge in [0, 0.05) is 6.42 Å². The molecule has 0 unspecified atom stereocenters. The Hall–Kier alpha value is -1.95. The van der Waals surface area contributed by atoms with Gasteiger partial charge in [0.2, 0.25) is 5.91 Å². The molecule has 1 aromatic carbocycles. The standard InChI is InChI=1S/C21H28N2O3S/c1-3-4-7-16-10-11-17-18(12-16)27-21(23(17)14-20(25)26-2)22-19(24)13-15-8-5-6-9-15/h10-12,15H,3-9,13-14H2,1-2H3. The van der Waals surface area contributed by atoms with Gasteiger partial charge in [-0.1, -0.05) is 43.6 Å². The number of thiazole rings is 1. The topological polar surface area (TPSA) is 60.7 Å². The third-order valence-corrected chi connectivity index (χ3v) is 6.28. The van der Waals surface area contributed by atoms with E-state index in [0.717, 1.165) is 42.3 Å². The number of amides is 1. The number of hydrogen-bond acceptors (Lipinski definition) is 4. The highest BCUT2D eigenvalue weighted by atomic mass is 32.1. The molecule has 0 aliphatic heterocycles. The zero-order chi connectivity index (χ0) is 19.2. The van der Waals surface area contributed by atoms with Gasteiger partial charge in [-0.3, -0.25) is 9.59 Å². The van der Waals surface area contributed by atoms with Crippen LogP contribution in [-0.4, -0.2) is 23.6 Å². The van der Waals surface area contributed by atoms with Crippen LogP contribution in [0.25, 0.3) is 10.2 Å². The molecule has 5 nitrogen and oxygen atoms in total. The van der Waals surface area contributed by atoms with Crippen LogP contribution >= 0.6 is 11.3 Å². The van der Waals surface area contributed by atoms with Gasteiger partial charge < -0.3 is 9.30 Å². The zero-order valence-electron chi connectivity index (χ0n) is 16.2. The van der Waals surface area contributed by atoms with Crippen molar-refractivity contribution in [3.05, 3.63) is 28.6 Å². The molecular formula is C21H28N2O3S. The average Bonchev–Trinajstić information content (AvgIpc) is 3.27. The molecule has 2 aromatic rings. The molecule has 0 N–H and O–H groups in total. The van der Waals surface area contributed by atoms with Gasteiger partial charge in [-0.2, -0.15) is 4.99 Å². The van der Waals surface area contributed by atoms with E-state index in [1.807, 2.05) is 10.6 Å². The number of esters is 1. The number of methoxy groups -OCH3 is 1. The second kappa shape index (κ2) is 9.31. The van der Waals surface area contributed by atoms with Gasteiger partial charge in [-0.25, -0.2) is 0 Å². The fourth-order valence-electron chi connectivity index (χ4n) is 3.70. The number of aromatic nitrogens is 1. The molecule has 1 aliphatic carbocycles. The fourth-order valence-corrected chi connectivity index (χ4v) is 4.81. The predicted octanol–water partition coefficient (Wildman–Crippen LogP) is 4.23. The van der Waals surface area contributed by atoms with Crippen molar-refractivity contribution >= 4 is 33.4 Å². The zero-order valence-corrected chi connectivity index (χ0v) is 17.0. The number of benzene rings is 1. The predicted molar refractivity (Wildman–Crippen MR) is 108 cm³/mol. The highest BCUT2D eigenvalue weighted by Gasteiger charge is 2.19. The Labute approximate surface area is 164 Å². The number of aryl methyl sites for hydroxylation is 1. The number of carbonyl (C=O) groups excluding carboxylic acids is 2. The van der Waals surface area contributed by atoms with Crippen LogP contribution in [0.2, 0.25) is 0 Å². The van der Waals surface area contributed by atoms with Crippen LogP contribution in [0.15, 0.2) is 23.2 Å². The number of carbonyl (C=O) groups is 2. The van der Waals surface area contributed by atoms with Crippen LogP contribution in [0.5, 0.6) is 0 Å². The summed E-state index contributed by atoms with van der Waals surface area (Å²) in [4.78, 5) is 29.3. The number of nitrogens with zero attached hydrogens (tertiary/aromatic N) is 2. The van der Waals surface area contributed by atoms with E-state index in [0.29, 0.717) is 17.1 Å². The Balaban J connectivity index is 1.94. The SMILES string of the molecule is CCCCc1ccc2c(c1)sc(=NC(=O)CC1CCCC1)n2CC(=O)OC. The molecule has 1 aliphatic rings. The monoisotopic (exact) mass is 388 g/mol. The lowest BCUT2D eigenvalue weighted by molar-refractivity contribution is -0.141. The van der Waals surface area contributed by atoms with Crippen molar-refractivity contribution in [3.63, 3.8) is 0 Å². The highest BCUT2D eigenvalue weighted by molar-refractivity contribution is 7.16. The molecule has 0 spiro atoms. The maximum absolute atomic E-state index is 12.5. The van der Waals surface area contributed by atoms with Crippen molar-refractivity contribution in [1.29, 1.82) is 0 Å². The lowest BCUT2D eigenvalue weighted by Crippen LogP contribution is -2.22. The maximum atomic E-state index is 12.5. The Morgan fingerprint density at radius 3 is 2.78 bits per heavy atom. The van der Waals surface area contributed by atoms with Crippen LogP contribution in [0.1, 0.15) is 57.4 Å². The number of hydrogen-bond donors (Lipinski definition) is 0. The first-order valence-corrected chi connectivity index (χ1v) is 10.7. The normalized spacial score (nSPS) is 15.6. The minimum Gasteiger partial charge on any atom is -0.468 e.